The predicted octanol–water partition coefficient (Wildman–Crippen LogP) is 1.62. The summed E-state index contributed by atoms with van der Waals surface area (Å²) in [5.74, 6) is 0.0938. The molecule has 0 unspecified atom stereocenters. The molecule has 0 saturated heterocycles. The molecule has 0 atom stereocenters. The number of ether oxygens (including phenoxy) is 1. The predicted molar refractivity (Wildman–Crippen MR) is 107 cm³/mol. The lowest BCUT2D eigenvalue weighted by Crippen LogP contribution is -2.46. The number of carbonyl (C=O) groups is 1. The van der Waals surface area contributed by atoms with Crippen LogP contribution < -0.4 is 25.6 Å². The topological polar surface area (TPSA) is 109 Å². The van der Waals surface area contributed by atoms with Gasteiger partial charge in [0.2, 0.25) is 0 Å². The first-order chi connectivity index (χ1) is 12.9. The van der Waals surface area contributed by atoms with Gasteiger partial charge in [-0.1, -0.05) is 6.07 Å². The van der Waals surface area contributed by atoms with Crippen molar-refractivity contribution < 1.29 is 17.9 Å². The van der Waals surface area contributed by atoms with Crippen LogP contribution in [0.15, 0.2) is 53.4 Å². The molecule has 0 aliphatic heterocycles. The number of rotatable bonds is 6. The Morgan fingerprint density at radius 2 is 1.81 bits per heavy atom. The number of hydrazine groups is 1. The molecule has 0 bridgehead atoms. The van der Waals surface area contributed by atoms with Crippen molar-refractivity contribution >= 4 is 38.9 Å². The average Bonchev–Trinajstić information content (AvgIpc) is 2.67. The van der Waals surface area contributed by atoms with E-state index in [0.29, 0.717) is 18.0 Å². The smallest absolute Gasteiger partial charge is 0.269 e. The van der Waals surface area contributed by atoms with Crippen LogP contribution in [0, 0.1) is 0 Å². The Balaban J connectivity index is 2.12. The minimum Gasteiger partial charge on any atom is -0.497 e. The van der Waals surface area contributed by atoms with Gasteiger partial charge in [-0.05, 0) is 61.6 Å². The second-order valence-electron chi connectivity index (χ2n) is 5.30. The van der Waals surface area contributed by atoms with Gasteiger partial charge in [-0.2, -0.15) is 0 Å². The lowest BCUT2D eigenvalue weighted by atomic mass is 10.2. The summed E-state index contributed by atoms with van der Waals surface area (Å²) in [5, 5.41) is 3.07. The number of amides is 1. The molecule has 2 aromatic carbocycles. The highest BCUT2D eigenvalue weighted by molar-refractivity contribution is 7.92. The molecule has 0 spiro atoms. The summed E-state index contributed by atoms with van der Waals surface area (Å²) >= 11 is 4.95. The lowest BCUT2D eigenvalue weighted by molar-refractivity contribution is 0.0943. The van der Waals surface area contributed by atoms with E-state index in [1.165, 1.54) is 31.4 Å². The van der Waals surface area contributed by atoms with Gasteiger partial charge in [-0.15, -0.1) is 0 Å². The van der Waals surface area contributed by atoms with Gasteiger partial charge in [-0.3, -0.25) is 20.4 Å². The van der Waals surface area contributed by atoms with Crippen molar-refractivity contribution in [1.29, 1.82) is 0 Å². The number of thiocarbonyl (C=S) groups is 1. The molecular weight excluding hydrogens is 388 g/mol. The standard InChI is InChI=1S/C17H20N4O4S2/c1-3-18-17(26)20-19-16(22)12-5-4-6-15(11-12)27(23,24)21-13-7-9-14(25-2)10-8-13/h4-11,21H,3H2,1-2H3,(H,19,22)(H2,18,20,26). The number of carbonyl (C=O) groups excluding carboxylic acids is 1. The van der Waals surface area contributed by atoms with Crippen LogP contribution in [0.3, 0.4) is 0 Å². The Hall–Kier alpha value is -2.85. The molecule has 0 heterocycles. The van der Waals surface area contributed by atoms with Gasteiger partial charge < -0.3 is 10.1 Å². The van der Waals surface area contributed by atoms with E-state index in [4.69, 9.17) is 17.0 Å². The number of anilines is 1. The van der Waals surface area contributed by atoms with Gasteiger partial charge >= 0.3 is 0 Å². The first kappa shape index (κ1) is 20.5. The summed E-state index contributed by atoms with van der Waals surface area (Å²) in [5.41, 5.74) is 5.48. The average molecular weight is 409 g/mol. The van der Waals surface area contributed by atoms with Crippen LogP contribution in [0.25, 0.3) is 0 Å². The minimum absolute atomic E-state index is 0.0415. The maximum absolute atomic E-state index is 12.6. The SMILES string of the molecule is CCNC(=S)NNC(=O)c1cccc(S(=O)(=O)Nc2ccc(OC)cc2)c1. The van der Waals surface area contributed by atoms with Crippen molar-refractivity contribution in [2.45, 2.75) is 11.8 Å². The maximum Gasteiger partial charge on any atom is 0.269 e. The number of nitrogens with one attached hydrogen (secondary N) is 4. The second-order valence-corrected chi connectivity index (χ2v) is 7.39. The van der Waals surface area contributed by atoms with Gasteiger partial charge in [-0.25, -0.2) is 8.42 Å². The van der Waals surface area contributed by atoms with Crippen molar-refractivity contribution in [3.63, 3.8) is 0 Å². The van der Waals surface area contributed by atoms with Crippen LogP contribution in [0.1, 0.15) is 17.3 Å². The molecule has 0 aliphatic rings. The van der Waals surface area contributed by atoms with E-state index in [9.17, 15) is 13.2 Å². The summed E-state index contributed by atoms with van der Waals surface area (Å²) in [6.07, 6.45) is 0. The Morgan fingerprint density at radius 3 is 2.44 bits per heavy atom. The molecule has 0 fully saturated rings. The molecular formula is C17H20N4O4S2. The lowest BCUT2D eigenvalue weighted by Gasteiger charge is -2.12. The van der Waals surface area contributed by atoms with Crippen LogP contribution >= 0.6 is 12.2 Å². The van der Waals surface area contributed by atoms with E-state index < -0.39 is 15.9 Å². The van der Waals surface area contributed by atoms with Crippen LogP contribution in [-0.2, 0) is 10.0 Å². The molecule has 27 heavy (non-hydrogen) atoms. The Bertz CT molecular complexity index is 915. The van der Waals surface area contributed by atoms with Gasteiger partial charge in [0.15, 0.2) is 5.11 Å². The van der Waals surface area contributed by atoms with Gasteiger partial charge in [0.05, 0.1) is 12.0 Å². The van der Waals surface area contributed by atoms with Gasteiger partial charge in [0.25, 0.3) is 15.9 Å². The normalized spacial score (nSPS) is 10.6. The fourth-order valence-corrected chi connectivity index (χ4v) is 3.37. The van der Waals surface area contributed by atoms with Crippen molar-refractivity contribution in [3.05, 3.63) is 54.1 Å². The Kier molecular flexibility index (Phi) is 6.97. The van der Waals surface area contributed by atoms with Crippen LogP contribution in [0.5, 0.6) is 5.75 Å². The van der Waals surface area contributed by atoms with Crippen LogP contribution in [0.4, 0.5) is 5.69 Å². The molecule has 0 radical (unpaired) electrons. The minimum atomic E-state index is -3.86. The number of methoxy groups -OCH3 is 1. The van der Waals surface area contributed by atoms with E-state index >= 15 is 0 Å². The van der Waals surface area contributed by atoms with E-state index in [-0.39, 0.29) is 15.6 Å². The summed E-state index contributed by atoms with van der Waals surface area (Å²) in [6, 6.07) is 12.1. The molecule has 144 valence electrons. The number of benzene rings is 2. The first-order valence-electron chi connectivity index (χ1n) is 7.97. The molecule has 2 aromatic rings. The summed E-state index contributed by atoms with van der Waals surface area (Å²) in [4.78, 5) is 12.1. The highest BCUT2D eigenvalue weighted by Crippen LogP contribution is 2.20. The Morgan fingerprint density at radius 1 is 1.11 bits per heavy atom. The van der Waals surface area contributed by atoms with Crippen LogP contribution in [0.2, 0.25) is 0 Å². The molecule has 10 heteroatoms. The van der Waals surface area contributed by atoms with Gasteiger partial charge in [0.1, 0.15) is 5.75 Å². The third-order valence-corrected chi connectivity index (χ3v) is 5.00. The molecule has 2 rings (SSSR count). The summed E-state index contributed by atoms with van der Waals surface area (Å²) in [6.45, 7) is 2.46. The van der Waals surface area contributed by atoms with Crippen molar-refractivity contribution in [2.75, 3.05) is 18.4 Å². The number of hydrogen-bond donors (Lipinski definition) is 4. The van der Waals surface area contributed by atoms with Crippen molar-refractivity contribution in [1.82, 2.24) is 16.2 Å². The third-order valence-electron chi connectivity index (χ3n) is 3.38. The molecule has 0 aromatic heterocycles. The largest absolute Gasteiger partial charge is 0.497 e. The van der Waals surface area contributed by atoms with Crippen molar-refractivity contribution in [3.8, 4) is 5.75 Å². The maximum atomic E-state index is 12.6. The second kappa shape index (κ2) is 9.19. The fourth-order valence-electron chi connectivity index (χ4n) is 2.07. The third kappa shape index (κ3) is 5.83. The van der Waals surface area contributed by atoms with Crippen LogP contribution in [-0.4, -0.2) is 33.1 Å². The van der Waals surface area contributed by atoms with Crippen molar-refractivity contribution in [2.24, 2.45) is 0 Å². The Labute approximate surface area is 163 Å². The zero-order chi connectivity index (χ0) is 19.9. The van der Waals surface area contributed by atoms with E-state index in [2.05, 4.69) is 20.9 Å². The monoisotopic (exact) mass is 408 g/mol. The first-order valence-corrected chi connectivity index (χ1v) is 9.86. The molecule has 1 amide bonds. The van der Waals surface area contributed by atoms with E-state index in [1.807, 2.05) is 6.92 Å². The number of hydrogen-bond acceptors (Lipinski definition) is 5. The fraction of sp³-hybridized carbons (Fsp3) is 0.176. The van der Waals surface area contributed by atoms with E-state index in [0.717, 1.165) is 0 Å². The summed E-state index contributed by atoms with van der Waals surface area (Å²) < 4.78 is 32.6. The highest BCUT2D eigenvalue weighted by Gasteiger charge is 2.16. The highest BCUT2D eigenvalue weighted by atomic mass is 32.2. The number of sulfonamides is 1. The molecule has 0 saturated carbocycles. The van der Waals surface area contributed by atoms with Gasteiger partial charge in [0, 0.05) is 17.8 Å². The zero-order valence-corrected chi connectivity index (χ0v) is 16.4. The van der Waals surface area contributed by atoms with E-state index in [1.54, 1.807) is 24.3 Å². The molecule has 8 nitrogen and oxygen atoms in total. The quantitative estimate of drug-likeness (QED) is 0.425. The molecule has 4 N–H and O–H groups in total. The molecule has 0 aliphatic carbocycles. The summed E-state index contributed by atoms with van der Waals surface area (Å²) in [7, 11) is -2.33. The zero-order valence-electron chi connectivity index (χ0n) is 14.8.